The van der Waals surface area contributed by atoms with E-state index in [-0.39, 0.29) is 6.04 Å². The maximum Gasteiger partial charge on any atom is 0.0476 e. The van der Waals surface area contributed by atoms with E-state index in [0.29, 0.717) is 0 Å². The largest absolute Gasteiger partial charge is 0.363 e. The second-order valence-corrected chi connectivity index (χ2v) is 3.50. The molecule has 0 unspecified atom stereocenters. The summed E-state index contributed by atoms with van der Waals surface area (Å²) in [4.78, 5) is 3.20. The van der Waals surface area contributed by atoms with Crippen LogP contribution in [0.4, 0.5) is 0 Å². The lowest BCUT2D eigenvalue weighted by Crippen LogP contribution is -2.12. The van der Waals surface area contributed by atoms with Crippen LogP contribution < -0.4 is 5.73 Å². The van der Waals surface area contributed by atoms with Gasteiger partial charge in [-0.25, -0.2) is 0 Å². The third-order valence-corrected chi connectivity index (χ3v) is 2.34. The van der Waals surface area contributed by atoms with E-state index < -0.39 is 0 Å². The number of nitrogens with two attached hydrogens (primary N) is 1. The van der Waals surface area contributed by atoms with Gasteiger partial charge in [0.25, 0.3) is 0 Å². The number of rotatable bonds is 2. The Hall–Kier alpha value is -0.760. The summed E-state index contributed by atoms with van der Waals surface area (Å²) in [5.74, 6) is 0.744. The third kappa shape index (κ3) is 1.31. The first-order valence-corrected chi connectivity index (χ1v) is 4.18. The van der Waals surface area contributed by atoms with Crippen molar-refractivity contribution in [3.63, 3.8) is 0 Å². The standard InChI is InChI=1S/C9H14N2/c1-6-4-8(11-5-6)9(10)7-2-3-7/h4-5,7,9,11H,2-3,10H2,1H3/t9-/m1/s1. The van der Waals surface area contributed by atoms with Crippen molar-refractivity contribution in [2.75, 3.05) is 0 Å². The minimum absolute atomic E-state index is 0.253. The molecule has 0 aromatic carbocycles. The summed E-state index contributed by atoms with van der Waals surface area (Å²) in [6, 6.07) is 2.40. The number of hydrogen-bond donors (Lipinski definition) is 2. The van der Waals surface area contributed by atoms with Gasteiger partial charge in [0.05, 0.1) is 0 Å². The fraction of sp³-hybridized carbons (Fsp3) is 0.556. The smallest absolute Gasteiger partial charge is 0.0476 e. The van der Waals surface area contributed by atoms with E-state index in [1.54, 1.807) is 0 Å². The molecule has 0 saturated heterocycles. The van der Waals surface area contributed by atoms with Gasteiger partial charge in [-0.1, -0.05) is 0 Å². The Bertz CT molecular complexity index is 248. The average Bonchev–Trinajstić information content (AvgIpc) is 2.74. The van der Waals surface area contributed by atoms with Crippen LogP contribution in [0.3, 0.4) is 0 Å². The average molecular weight is 150 g/mol. The highest BCUT2D eigenvalue weighted by Crippen LogP contribution is 2.38. The lowest BCUT2D eigenvalue weighted by Gasteiger charge is -2.06. The molecule has 0 bridgehead atoms. The quantitative estimate of drug-likeness (QED) is 0.662. The van der Waals surface area contributed by atoms with E-state index in [1.807, 2.05) is 6.20 Å². The van der Waals surface area contributed by atoms with Crippen LogP contribution in [0.25, 0.3) is 0 Å². The highest BCUT2D eigenvalue weighted by molar-refractivity contribution is 5.19. The van der Waals surface area contributed by atoms with Gasteiger partial charge < -0.3 is 10.7 Å². The van der Waals surface area contributed by atoms with Crippen LogP contribution in [0.2, 0.25) is 0 Å². The van der Waals surface area contributed by atoms with Gasteiger partial charge in [0.15, 0.2) is 0 Å². The number of aromatic amines is 1. The molecule has 1 aliphatic rings. The van der Waals surface area contributed by atoms with Gasteiger partial charge in [0.2, 0.25) is 0 Å². The fourth-order valence-corrected chi connectivity index (χ4v) is 1.43. The van der Waals surface area contributed by atoms with Crippen LogP contribution in [-0.4, -0.2) is 4.98 Å². The highest BCUT2D eigenvalue weighted by Gasteiger charge is 2.29. The minimum Gasteiger partial charge on any atom is -0.363 e. The molecule has 0 radical (unpaired) electrons. The fourth-order valence-electron chi connectivity index (χ4n) is 1.43. The number of hydrogen-bond acceptors (Lipinski definition) is 1. The zero-order valence-electron chi connectivity index (χ0n) is 6.80. The molecule has 2 rings (SSSR count). The number of aryl methyl sites for hydroxylation is 1. The van der Waals surface area contributed by atoms with Gasteiger partial charge in [-0.05, 0) is 37.3 Å². The summed E-state index contributed by atoms with van der Waals surface area (Å²) in [7, 11) is 0. The third-order valence-electron chi connectivity index (χ3n) is 2.34. The molecule has 2 nitrogen and oxygen atoms in total. The van der Waals surface area contributed by atoms with Crippen LogP contribution in [0, 0.1) is 12.8 Å². The van der Waals surface area contributed by atoms with Crippen molar-refractivity contribution in [3.8, 4) is 0 Å². The molecular weight excluding hydrogens is 136 g/mol. The molecule has 1 aromatic heterocycles. The van der Waals surface area contributed by atoms with E-state index in [0.717, 1.165) is 5.92 Å². The Morgan fingerprint density at radius 2 is 2.36 bits per heavy atom. The Morgan fingerprint density at radius 1 is 1.64 bits per heavy atom. The van der Waals surface area contributed by atoms with Crippen molar-refractivity contribution in [2.24, 2.45) is 11.7 Å². The zero-order chi connectivity index (χ0) is 7.84. The van der Waals surface area contributed by atoms with Gasteiger partial charge in [-0.3, -0.25) is 0 Å². The van der Waals surface area contributed by atoms with Crippen LogP contribution >= 0.6 is 0 Å². The molecule has 1 heterocycles. The normalized spacial score (nSPS) is 20.2. The molecule has 60 valence electrons. The Labute approximate surface area is 66.8 Å². The van der Waals surface area contributed by atoms with Crippen molar-refractivity contribution in [1.82, 2.24) is 4.98 Å². The molecule has 1 aromatic rings. The van der Waals surface area contributed by atoms with E-state index in [2.05, 4.69) is 18.0 Å². The first-order valence-electron chi connectivity index (χ1n) is 4.18. The van der Waals surface area contributed by atoms with Gasteiger partial charge in [-0.15, -0.1) is 0 Å². The number of H-pyrrole nitrogens is 1. The molecule has 1 saturated carbocycles. The molecule has 0 amide bonds. The summed E-state index contributed by atoms with van der Waals surface area (Å²) in [6.45, 7) is 2.08. The number of aromatic nitrogens is 1. The van der Waals surface area contributed by atoms with E-state index in [4.69, 9.17) is 5.73 Å². The molecule has 11 heavy (non-hydrogen) atoms. The van der Waals surface area contributed by atoms with Crippen molar-refractivity contribution < 1.29 is 0 Å². The summed E-state index contributed by atoms with van der Waals surface area (Å²) in [6.07, 6.45) is 4.62. The molecule has 2 heteroatoms. The van der Waals surface area contributed by atoms with Gasteiger partial charge in [0, 0.05) is 17.9 Å². The summed E-state index contributed by atoms with van der Waals surface area (Å²) < 4.78 is 0. The molecule has 3 N–H and O–H groups in total. The SMILES string of the molecule is Cc1c[nH]c([C@H](N)C2CC2)c1. The predicted molar refractivity (Wildman–Crippen MR) is 45.2 cm³/mol. The van der Waals surface area contributed by atoms with Gasteiger partial charge >= 0.3 is 0 Å². The summed E-state index contributed by atoms with van der Waals surface area (Å²) in [5.41, 5.74) is 8.46. The molecule has 1 aliphatic carbocycles. The van der Waals surface area contributed by atoms with Crippen molar-refractivity contribution in [1.29, 1.82) is 0 Å². The first-order chi connectivity index (χ1) is 5.27. The van der Waals surface area contributed by atoms with Crippen LogP contribution in [-0.2, 0) is 0 Å². The van der Waals surface area contributed by atoms with Gasteiger partial charge in [0.1, 0.15) is 0 Å². The zero-order valence-corrected chi connectivity index (χ0v) is 6.80. The van der Waals surface area contributed by atoms with Crippen LogP contribution in [0.15, 0.2) is 12.3 Å². The van der Waals surface area contributed by atoms with Crippen LogP contribution in [0.1, 0.15) is 30.1 Å². The molecule has 0 aliphatic heterocycles. The van der Waals surface area contributed by atoms with E-state index in [9.17, 15) is 0 Å². The highest BCUT2D eigenvalue weighted by atomic mass is 14.8. The predicted octanol–water partition coefficient (Wildman–Crippen LogP) is 1.73. The lowest BCUT2D eigenvalue weighted by atomic mass is 10.1. The maximum absolute atomic E-state index is 5.98. The topological polar surface area (TPSA) is 41.8 Å². The maximum atomic E-state index is 5.98. The minimum atomic E-state index is 0.253. The van der Waals surface area contributed by atoms with E-state index in [1.165, 1.54) is 24.1 Å². The molecule has 1 atom stereocenters. The summed E-state index contributed by atoms with van der Waals surface area (Å²) >= 11 is 0. The molecule has 1 fully saturated rings. The second-order valence-electron chi connectivity index (χ2n) is 3.50. The lowest BCUT2D eigenvalue weighted by molar-refractivity contribution is 0.618. The van der Waals surface area contributed by atoms with Crippen LogP contribution in [0.5, 0.6) is 0 Å². The first kappa shape index (κ1) is 6.92. The Balaban J connectivity index is 2.14. The van der Waals surface area contributed by atoms with E-state index >= 15 is 0 Å². The summed E-state index contributed by atoms with van der Waals surface area (Å²) in [5, 5.41) is 0. The van der Waals surface area contributed by atoms with Crippen molar-refractivity contribution >= 4 is 0 Å². The van der Waals surface area contributed by atoms with Crippen molar-refractivity contribution in [3.05, 3.63) is 23.5 Å². The molecular formula is C9H14N2. The Morgan fingerprint density at radius 3 is 2.82 bits per heavy atom. The Kier molecular flexibility index (Phi) is 1.50. The monoisotopic (exact) mass is 150 g/mol. The second kappa shape index (κ2) is 2.38. The van der Waals surface area contributed by atoms with Gasteiger partial charge in [-0.2, -0.15) is 0 Å². The van der Waals surface area contributed by atoms with Crippen molar-refractivity contribution in [2.45, 2.75) is 25.8 Å². The number of nitrogens with one attached hydrogen (secondary N) is 1. The molecule has 0 spiro atoms.